The molecule has 0 spiro atoms. The second kappa shape index (κ2) is 5.70. The highest BCUT2D eigenvalue weighted by molar-refractivity contribution is 9.11. The zero-order valence-electron chi connectivity index (χ0n) is 8.84. The van der Waals surface area contributed by atoms with Crippen LogP contribution in [-0.2, 0) is 0 Å². The number of nitrogens with zero attached hydrogens (tertiary/aromatic N) is 2. The zero-order chi connectivity index (χ0) is 13.2. The van der Waals surface area contributed by atoms with Gasteiger partial charge in [0.2, 0.25) is 5.96 Å². The third-order valence-electron chi connectivity index (χ3n) is 1.79. The summed E-state index contributed by atoms with van der Waals surface area (Å²) in [5.41, 5.74) is 17.4. The maximum absolute atomic E-state index is 6.08. The third kappa shape index (κ3) is 3.58. The van der Waals surface area contributed by atoms with Gasteiger partial charge in [0.15, 0.2) is 5.96 Å². The molecular weight excluding hydrogens is 373 g/mol. The molecule has 1 aromatic carbocycles. The van der Waals surface area contributed by atoms with Crippen molar-refractivity contribution in [2.24, 2.45) is 27.2 Å². The Kier molecular flexibility index (Phi) is 4.79. The molecule has 0 saturated heterocycles. The Morgan fingerprint density at radius 3 is 2.41 bits per heavy atom. The Bertz CT molecular complexity index is 509. The number of hydrogen-bond donors (Lipinski definition) is 3. The van der Waals surface area contributed by atoms with Gasteiger partial charge in [0.05, 0.1) is 15.2 Å². The molecule has 0 fully saturated rings. The number of benzene rings is 1. The first-order valence-corrected chi connectivity index (χ1v) is 6.37. The Balaban J connectivity index is 3.34. The van der Waals surface area contributed by atoms with Gasteiger partial charge in [-0.15, -0.1) is 0 Å². The van der Waals surface area contributed by atoms with Crippen LogP contribution in [0.2, 0.25) is 5.02 Å². The van der Waals surface area contributed by atoms with Crippen LogP contribution in [-0.4, -0.2) is 11.9 Å². The predicted molar refractivity (Wildman–Crippen MR) is 78.7 cm³/mol. The van der Waals surface area contributed by atoms with Crippen molar-refractivity contribution in [1.82, 2.24) is 0 Å². The van der Waals surface area contributed by atoms with E-state index < -0.39 is 0 Å². The quantitative estimate of drug-likeness (QED) is 0.394. The van der Waals surface area contributed by atoms with Crippen LogP contribution in [0.1, 0.15) is 5.56 Å². The van der Waals surface area contributed by atoms with Crippen LogP contribution < -0.4 is 17.2 Å². The molecule has 8 heteroatoms. The van der Waals surface area contributed by atoms with E-state index in [2.05, 4.69) is 41.8 Å². The average molecular weight is 383 g/mol. The van der Waals surface area contributed by atoms with E-state index in [1.807, 2.05) is 13.0 Å². The van der Waals surface area contributed by atoms with Crippen LogP contribution in [0, 0.1) is 6.92 Å². The van der Waals surface area contributed by atoms with Gasteiger partial charge in [-0.3, -0.25) is 0 Å². The molecule has 0 saturated carbocycles. The van der Waals surface area contributed by atoms with Gasteiger partial charge < -0.3 is 17.2 Å². The minimum absolute atomic E-state index is 0.0497. The number of guanidine groups is 2. The Labute approximate surface area is 120 Å². The molecule has 1 aromatic rings. The van der Waals surface area contributed by atoms with Crippen molar-refractivity contribution in [1.29, 1.82) is 0 Å². The maximum Gasteiger partial charge on any atom is 0.223 e. The lowest BCUT2D eigenvalue weighted by molar-refractivity contribution is 1.34. The molecule has 6 N–H and O–H groups in total. The molecule has 0 atom stereocenters. The van der Waals surface area contributed by atoms with Crippen molar-refractivity contribution in [3.63, 3.8) is 0 Å². The van der Waals surface area contributed by atoms with E-state index in [0.29, 0.717) is 15.2 Å². The fourth-order valence-electron chi connectivity index (χ4n) is 1.08. The molecule has 0 aliphatic rings. The second-order valence-electron chi connectivity index (χ2n) is 3.16. The highest BCUT2D eigenvalue weighted by Crippen LogP contribution is 2.40. The number of aliphatic imine (C=N–C) groups is 2. The van der Waals surface area contributed by atoms with Crippen LogP contribution in [0.15, 0.2) is 25.0 Å². The number of nitrogens with two attached hydrogens (primary N) is 3. The lowest BCUT2D eigenvalue weighted by Gasteiger charge is -2.07. The topological polar surface area (TPSA) is 103 Å². The molecule has 0 radical (unpaired) electrons. The molecular formula is C9H10Br2ClN5. The molecule has 0 unspecified atom stereocenters. The first kappa shape index (κ1) is 14.3. The standard InChI is InChI=1S/C9H10Br2ClN5/c1-3-2-4(10)7(5(11)6(3)12)16-9(15)17-8(13)14/h2H,1H3,(H6,13,14,15,16,17). The van der Waals surface area contributed by atoms with Gasteiger partial charge in [0, 0.05) is 4.47 Å². The summed E-state index contributed by atoms with van der Waals surface area (Å²) in [6.07, 6.45) is 0. The summed E-state index contributed by atoms with van der Waals surface area (Å²) in [7, 11) is 0. The van der Waals surface area contributed by atoms with Gasteiger partial charge in [-0.05, 0) is 50.4 Å². The van der Waals surface area contributed by atoms with Crippen molar-refractivity contribution < 1.29 is 0 Å². The summed E-state index contributed by atoms with van der Waals surface area (Å²) in [6, 6.07) is 1.83. The SMILES string of the molecule is Cc1cc(Br)c(N=C(N)N=C(N)N)c(Br)c1Cl. The Morgan fingerprint density at radius 2 is 1.88 bits per heavy atom. The normalized spacial score (nSPS) is 11.4. The zero-order valence-corrected chi connectivity index (χ0v) is 12.8. The van der Waals surface area contributed by atoms with Crippen molar-refractivity contribution in [3.8, 4) is 0 Å². The van der Waals surface area contributed by atoms with E-state index in [-0.39, 0.29) is 11.9 Å². The fourth-order valence-corrected chi connectivity index (χ4v) is 2.73. The summed E-state index contributed by atoms with van der Waals surface area (Å²) in [5.74, 6) is -0.206. The largest absolute Gasteiger partial charge is 0.370 e. The molecule has 92 valence electrons. The molecule has 0 amide bonds. The van der Waals surface area contributed by atoms with Crippen molar-refractivity contribution in [2.75, 3.05) is 0 Å². The predicted octanol–water partition coefficient (Wildman–Crippen LogP) is 2.39. The lowest BCUT2D eigenvalue weighted by Crippen LogP contribution is -2.26. The van der Waals surface area contributed by atoms with E-state index >= 15 is 0 Å². The van der Waals surface area contributed by atoms with Crippen LogP contribution >= 0.6 is 43.5 Å². The highest BCUT2D eigenvalue weighted by atomic mass is 79.9. The Hall–Kier alpha value is -0.790. The summed E-state index contributed by atoms with van der Waals surface area (Å²) in [5, 5.41) is 0.560. The third-order valence-corrected chi connectivity index (χ3v) is 3.88. The van der Waals surface area contributed by atoms with Crippen molar-refractivity contribution in [2.45, 2.75) is 6.92 Å². The molecule has 0 aromatic heterocycles. The summed E-state index contributed by atoms with van der Waals surface area (Å²) < 4.78 is 1.36. The monoisotopic (exact) mass is 381 g/mol. The van der Waals surface area contributed by atoms with Crippen LogP contribution in [0.25, 0.3) is 0 Å². The molecule has 0 bridgehead atoms. The second-order valence-corrected chi connectivity index (χ2v) is 5.18. The Morgan fingerprint density at radius 1 is 1.29 bits per heavy atom. The van der Waals surface area contributed by atoms with Gasteiger partial charge in [-0.1, -0.05) is 11.6 Å². The molecule has 5 nitrogen and oxygen atoms in total. The van der Waals surface area contributed by atoms with Crippen LogP contribution in [0.5, 0.6) is 0 Å². The van der Waals surface area contributed by atoms with Gasteiger partial charge in [-0.25, -0.2) is 4.99 Å². The fraction of sp³-hybridized carbons (Fsp3) is 0.111. The van der Waals surface area contributed by atoms with Gasteiger partial charge in [0.25, 0.3) is 0 Å². The summed E-state index contributed by atoms with van der Waals surface area (Å²) >= 11 is 12.8. The number of aryl methyl sites for hydroxylation is 1. The van der Waals surface area contributed by atoms with Gasteiger partial charge >= 0.3 is 0 Å². The van der Waals surface area contributed by atoms with Crippen molar-refractivity contribution >= 4 is 61.1 Å². The summed E-state index contributed by atoms with van der Waals surface area (Å²) in [6.45, 7) is 1.88. The highest BCUT2D eigenvalue weighted by Gasteiger charge is 2.11. The molecule has 1 rings (SSSR count). The maximum atomic E-state index is 6.08. The molecule has 17 heavy (non-hydrogen) atoms. The first-order chi connectivity index (χ1) is 7.82. The van der Waals surface area contributed by atoms with E-state index in [4.69, 9.17) is 28.8 Å². The summed E-state index contributed by atoms with van der Waals surface area (Å²) in [4.78, 5) is 7.69. The molecule has 0 heterocycles. The van der Waals surface area contributed by atoms with Crippen LogP contribution in [0.4, 0.5) is 5.69 Å². The van der Waals surface area contributed by atoms with Crippen LogP contribution in [0.3, 0.4) is 0 Å². The molecule has 0 aliphatic heterocycles. The minimum atomic E-state index is -0.156. The van der Waals surface area contributed by atoms with Gasteiger partial charge in [-0.2, -0.15) is 4.99 Å². The van der Waals surface area contributed by atoms with Crippen molar-refractivity contribution in [3.05, 3.63) is 25.6 Å². The number of hydrogen-bond acceptors (Lipinski definition) is 1. The lowest BCUT2D eigenvalue weighted by atomic mass is 10.2. The number of rotatable bonds is 1. The van der Waals surface area contributed by atoms with E-state index in [1.54, 1.807) is 0 Å². The smallest absolute Gasteiger partial charge is 0.223 e. The molecule has 0 aliphatic carbocycles. The van der Waals surface area contributed by atoms with E-state index in [0.717, 1.165) is 10.0 Å². The minimum Gasteiger partial charge on any atom is -0.370 e. The first-order valence-electron chi connectivity index (χ1n) is 4.40. The van der Waals surface area contributed by atoms with Gasteiger partial charge in [0.1, 0.15) is 0 Å². The average Bonchev–Trinajstić information content (AvgIpc) is 2.20. The number of halogens is 3. The van der Waals surface area contributed by atoms with E-state index in [9.17, 15) is 0 Å². The van der Waals surface area contributed by atoms with E-state index in [1.165, 1.54) is 0 Å².